The van der Waals surface area contributed by atoms with Crippen molar-refractivity contribution in [3.8, 4) is 0 Å². The summed E-state index contributed by atoms with van der Waals surface area (Å²) in [7, 11) is -2.68. The molecule has 1 heterocycles. The quantitative estimate of drug-likeness (QED) is 0.628. The van der Waals surface area contributed by atoms with Gasteiger partial charge in [0.25, 0.3) is 0 Å². The van der Waals surface area contributed by atoms with Gasteiger partial charge in [-0.1, -0.05) is 6.08 Å². The summed E-state index contributed by atoms with van der Waals surface area (Å²) in [5.41, 5.74) is 0. The lowest BCUT2D eigenvalue weighted by molar-refractivity contribution is 0.602. The van der Waals surface area contributed by atoms with Crippen LogP contribution in [-0.4, -0.2) is 30.9 Å². The fraction of sp³-hybridized carbons (Fsp3) is 0.714. The van der Waals surface area contributed by atoms with Crippen molar-refractivity contribution in [3.63, 3.8) is 0 Å². The van der Waals surface area contributed by atoms with E-state index in [0.717, 1.165) is 12.2 Å². The molecule has 0 radical (unpaired) electrons. The van der Waals surface area contributed by atoms with E-state index in [2.05, 4.69) is 6.58 Å². The van der Waals surface area contributed by atoms with Crippen LogP contribution in [0.4, 0.5) is 0 Å². The number of thioether (sulfide) groups is 1. The van der Waals surface area contributed by atoms with E-state index >= 15 is 0 Å². The van der Waals surface area contributed by atoms with Crippen LogP contribution in [0.2, 0.25) is 0 Å². The molecule has 1 aliphatic rings. The summed E-state index contributed by atoms with van der Waals surface area (Å²) < 4.78 is 21.9. The molecule has 1 atom stereocenters. The molecule has 0 aromatic rings. The van der Waals surface area contributed by atoms with Crippen LogP contribution in [0, 0.1) is 0 Å². The molecule has 1 fully saturated rings. The average molecular weight is 192 g/mol. The number of hydrogen-bond acceptors (Lipinski definition) is 3. The third-order valence-electron chi connectivity index (χ3n) is 1.64. The summed E-state index contributed by atoms with van der Waals surface area (Å²) >= 11 is 1.69. The molecule has 2 nitrogen and oxygen atoms in total. The second-order valence-electron chi connectivity index (χ2n) is 2.65. The molecule has 0 aliphatic carbocycles. The molecule has 0 saturated carbocycles. The lowest BCUT2D eigenvalue weighted by Crippen LogP contribution is -2.06. The van der Waals surface area contributed by atoms with Crippen LogP contribution < -0.4 is 0 Å². The van der Waals surface area contributed by atoms with Gasteiger partial charge >= 0.3 is 0 Å². The highest BCUT2D eigenvalue weighted by molar-refractivity contribution is 8.01. The zero-order chi connectivity index (χ0) is 8.32. The molecule has 1 rings (SSSR count). The van der Waals surface area contributed by atoms with Crippen LogP contribution in [-0.2, 0) is 9.84 Å². The number of sulfone groups is 1. The molecular weight excluding hydrogens is 180 g/mol. The van der Waals surface area contributed by atoms with Gasteiger partial charge < -0.3 is 0 Å². The molecular formula is C7H12O2S2. The van der Waals surface area contributed by atoms with Crippen LogP contribution in [0.15, 0.2) is 12.7 Å². The Kier molecular flexibility index (Phi) is 3.01. The van der Waals surface area contributed by atoms with Gasteiger partial charge in [0.1, 0.15) is 0 Å². The normalized spacial score (nSPS) is 28.5. The molecule has 0 aromatic heterocycles. The molecule has 4 heteroatoms. The minimum absolute atomic E-state index is 0.318. The van der Waals surface area contributed by atoms with Crippen molar-refractivity contribution in [2.24, 2.45) is 0 Å². The maximum absolute atomic E-state index is 11.0. The van der Waals surface area contributed by atoms with Gasteiger partial charge in [0.2, 0.25) is 0 Å². The minimum atomic E-state index is -2.68. The third kappa shape index (κ3) is 2.87. The Hall–Kier alpha value is 0.0400. The van der Waals surface area contributed by atoms with Gasteiger partial charge in [-0.3, -0.25) is 0 Å². The van der Waals surface area contributed by atoms with Crippen molar-refractivity contribution < 1.29 is 8.42 Å². The highest BCUT2D eigenvalue weighted by Gasteiger charge is 2.27. The standard InChI is InChI=1S/C7H12O2S2/c1-2-4-10-7-3-5-11(8,9)6-7/h2,7H,1,3-6H2. The zero-order valence-electron chi connectivity index (χ0n) is 6.32. The molecule has 0 bridgehead atoms. The van der Waals surface area contributed by atoms with E-state index in [-0.39, 0.29) is 0 Å². The fourth-order valence-corrected chi connectivity index (χ4v) is 4.49. The Labute approximate surface area is 72.0 Å². The van der Waals surface area contributed by atoms with Crippen LogP contribution in [0.5, 0.6) is 0 Å². The second kappa shape index (κ2) is 3.63. The molecule has 0 spiro atoms. The van der Waals surface area contributed by atoms with Crippen LogP contribution in [0.1, 0.15) is 6.42 Å². The summed E-state index contributed by atoms with van der Waals surface area (Å²) in [5, 5.41) is 0.318. The zero-order valence-corrected chi connectivity index (χ0v) is 7.96. The van der Waals surface area contributed by atoms with Gasteiger partial charge in [-0.05, 0) is 6.42 Å². The highest BCUT2D eigenvalue weighted by Crippen LogP contribution is 2.23. The monoisotopic (exact) mass is 192 g/mol. The molecule has 1 unspecified atom stereocenters. The maximum atomic E-state index is 11.0. The van der Waals surface area contributed by atoms with Crippen molar-refractivity contribution in [1.29, 1.82) is 0 Å². The first-order chi connectivity index (χ1) is 5.14. The maximum Gasteiger partial charge on any atom is 0.151 e. The molecule has 0 aromatic carbocycles. The predicted molar refractivity (Wildman–Crippen MR) is 49.7 cm³/mol. The van der Waals surface area contributed by atoms with Crippen LogP contribution in [0.25, 0.3) is 0 Å². The molecule has 0 N–H and O–H groups in total. The van der Waals surface area contributed by atoms with Gasteiger partial charge in [-0.2, -0.15) is 11.8 Å². The van der Waals surface area contributed by atoms with E-state index in [4.69, 9.17) is 0 Å². The van der Waals surface area contributed by atoms with Crippen LogP contribution in [0.3, 0.4) is 0 Å². The topological polar surface area (TPSA) is 34.1 Å². The molecule has 11 heavy (non-hydrogen) atoms. The van der Waals surface area contributed by atoms with E-state index in [0.29, 0.717) is 16.8 Å². The van der Waals surface area contributed by atoms with Crippen molar-refractivity contribution in [3.05, 3.63) is 12.7 Å². The lowest BCUT2D eigenvalue weighted by atomic mass is 10.4. The van der Waals surface area contributed by atoms with Gasteiger partial charge in [0.15, 0.2) is 9.84 Å². The Morgan fingerprint density at radius 3 is 2.82 bits per heavy atom. The van der Waals surface area contributed by atoms with Crippen molar-refractivity contribution in [1.82, 2.24) is 0 Å². The predicted octanol–water partition coefficient (Wildman–Crippen LogP) is 1.09. The van der Waals surface area contributed by atoms with Crippen molar-refractivity contribution >= 4 is 21.6 Å². The Balaban J connectivity index is 2.36. The minimum Gasteiger partial charge on any atom is -0.229 e. The van der Waals surface area contributed by atoms with Gasteiger partial charge in [-0.15, -0.1) is 6.58 Å². The van der Waals surface area contributed by atoms with Gasteiger partial charge in [-0.25, -0.2) is 8.42 Å². The van der Waals surface area contributed by atoms with Gasteiger partial charge in [0, 0.05) is 11.0 Å². The Morgan fingerprint density at radius 1 is 1.64 bits per heavy atom. The molecule has 1 aliphatic heterocycles. The van der Waals surface area contributed by atoms with E-state index < -0.39 is 9.84 Å². The second-order valence-corrected chi connectivity index (χ2v) is 6.21. The van der Waals surface area contributed by atoms with Gasteiger partial charge in [0.05, 0.1) is 11.5 Å². The Morgan fingerprint density at radius 2 is 2.36 bits per heavy atom. The van der Waals surface area contributed by atoms with Crippen molar-refractivity contribution in [2.45, 2.75) is 11.7 Å². The summed E-state index contributed by atoms with van der Waals surface area (Å²) in [6.45, 7) is 3.59. The van der Waals surface area contributed by atoms with E-state index in [1.54, 1.807) is 11.8 Å². The fourth-order valence-electron chi connectivity index (χ4n) is 1.10. The summed E-state index contributed by atoms with van der Waals surface area (Å²) in [5.74, 6) is 1.60. The first kappa shape index (κ1) is 9.13. The summed E-state index contributed by atoms with van der Waals surface area (Å²) in [6.07, 6.45) is 2.64. The van der Waals surface area contributed by atoms with E-state index in [9.17, 15) is 8.42 Å². The first-order valence-electron chi connectivity index (χ1n) is 3.57. The first-order valence-corrected chi connectivity index (χ1v) is 6.44. The SMILES string of the molecule is C=CCSC1CCS(=O)(=O)C1. The van der Waals surface area contributed by atoms with Crippen LogP contribution >= 0.6 is 11.8 Å². The molecule has 64 valence electrons. The largest absolute Gasteiger partial charge is 0.229 e. The van der Waals surface area contributed by atoms with E-state index in [1.165, 1.54) is 0 Å². The molecule has 1 saturated heterocycles. The number of rotatable bonds is 3. The third-order valence-corrected chi connectivity index (χ3v) is 4.92. The number of hydrogen-bond donors (Lipinski definition) is 0. The molecule has 0 amide bonds. The summed E-state index contributed by atoms with van der Waals surface area (Å²) in [4.78, 5) is 0. The smallest absolute Gasteiger partial charge is 0.151 e. The van der Waals surface area contributed by atoms with E-state index in [1.807, 2.05) is 6.08 Å². The lowest BCUT2D eigenvalue weighted by Gasteiger charge is -2.02. The Bertz CT molecular complexity index is 231. The van der Waals surface area contributed by atoms with Crippen molar-refractivity contribution in [2.75, 3.05) is 17.3 Å². The average Bonchev–Trinajstić information content (AvgIpc) is 2.26. The summed E-state index contributed by atoms with van der Waals surface area (Å²) in [6, 6.07) is 0. The highest BCUT2D eigenvalue weighted by atomic mass is 32.2.